The van der Waals surface area contributed by atoms with Gasteiger partial charge in [-0.2, -0.15) is 5.10 Å². The largest absolute Gasteiger partial charge is 0.322 e. The SMILES string of the molecule is CCCCn1nc(C)c(C(=O)Nc2ccc(F)c(Cl)c2)c1Cl. The number of unbranched alkanes of at least 4 members (excludes halogenated alkanes) is 1. The van der Waals surface area contributed by atoms with Gasteiger partial charge < -0.3 is 5.32 Å². The molecule has 0 fully saturated rings. The number of nitrogens with zero attached hydrogens (tertiary/aromatic N) is 2. The average molecular weight is 344 g/mol. The second kappa shape index (κ2) is 7.11. The van der Waals surface area contributed by atoms with Gasteiger partial charge in [-0.25, -0.2) is 4.39 Å². The van der Waals surface area contributed by atoms with Crippen molar-refractivity contribution in [1.29, 1.82) is 0 Å². The van der Waals surface area contributed by atoms with Gasteiger partial charge >= 0.3 is 0 Å². The molecule has 118 valence electrons. The summed E-state index contributed by atoms with van der Waals surface area (Å²) < 4.78 is 14.7. The van der Waals surface area contributed by atoms with E-state index in [0.29, 0.717) is 28.6 Å². The minimum absolute atomic E-state index is 0.0562. The predicted octanol–water partition coefficient (Wildman–Crippen LogP) is 4.69. The Balaban J connectivity index is 2.22. The molecule has 4 nitrogen and oxygen atoms in total. The van der Waals surface area contributed by atoms with Crippen molar-refractivity contribution in [3.8, 4) is 0 Å². The van der Waals surface area contributed by atoms with Crippen molar-refractivity contribution in [2.75, 3.05) is 5.32 Å². The van der Waals surface area contributed by atoms with E-state index in [4.69, 9.17) is 23.2 Å². The minimum Gasteiger partial charge on any atom is -0.322 e. The number of halogens is 3. The van der Waals surface area contributed by atoms with E-state index in [0.717, 1.165) is 12.8 Å². The lowest BCUT2D eigenvalue weighted by Crippen LogP contribution is -2.13. The number of rotatable bonds is 5. The second-order valence-electron chi connectivity index (χ2n) is 4.91. The van der Waals surface area contributed by atoms with Crippen LogP contribution in [0.15, 0.2) is 18.2 Å². The van der Waals surface area contributed by atoms with Crippen molar-refractivity contribution >= 4 is 34.8 Å². The molecule has 2 rings (SSSR count). The predicted molar refractivity (Wildman–Crippen MR) is 86.2 cm³/mol. The molecule has 0 saturated heterocycles. The second-order valence-corrected chi connectivity index (χ2v) is 5.68. The highest BCUT2D eigenvalue weighted by molar-refractivity contribution is 6.34. The Labute approximate surface area is 138 Å². The third-order valence-corrected chi connectivity index (χ3v) is 3.87. The number of aryl methyl sites for hydroxylation is 2. The summed E-state index contributed by atoms with van der Waals surface area (Å²) in [6.45, 7) is 4.45. The lowest BCUT2D eigenvalue weighted by molar-refractivity contribution is 0.102. The monoisotopic (exact) mass is 343 g/mol. The van der Waals surface area contributed by atoms with E-state index in [2.05, 4.69) is 17.3 Å². The molecule has 22 heavy (non-hydrogen) atoms. The molecule has 1 aromatic heterocycles. The standard InChI is InChI=1S/C15H16Cl2FN3O/c1-3-4-7-21-14(17)13(9(2)20-21)15(22)19-10-5-6-12(18)11(16)8-10/h5-6,8H,3-4,7H2,1-2H3,(H,19,22). The summed E-state index contributed by atoms with van der Waals surface area (Å²) in [5.41, 5.74) is 1.26. The molecule has 0 aliphatic rings. The first-order valence-electron chi connectivity index (χ1n) is 6.93. The zero-order chi connectivity index (χ0) is 16.3. The molecule has 0 bridgehead atoms. The van der Waals surface area contributed by atoms with Crippen LogP contribution in [0.25, 0.3) is 0 Å². The molecule has 0 aliphatic heterocycles. The summed E-state index contributed by atoms with van der Waals surface area (Å²) in [5, 5.41) is 7.18. The van der Waals surface area contributed by atoms with Crippen LogP contribution in [0.3, 0.4) is 0 Å². The van der Waals surface area contributed by atoms with Gasteiger partial charge in [-0.3, -0.25) is 9.48 Å². The van der Waals surface area contributed by atoms with Gasteiger partial charge in [0.15, 0.2) is 0 Å². The first kappa shape index (κ1) is 16.8. The van der Waals surface area contributed by atoms with Crippen molar-refractivity contribution in [3.63, 3.8) is 0 Å². The van der Waals surface area contributed by atoms with E-state index in [-0.39, 0.29) is 5.02 Å². The van der Waals surface area contributed by atoms with Gasteiger partial charge in [0.1, 0.15) is 11.0 Å². The van der Waals surface area contributed by atoms with Crippen LogP contribution in [0.4, 0.5) is 10.1 Å². The summed E-state index contributed by atoms with van der Waals surface area (Å²) in [6, 6.07) is 3.97. The molecule has 0 spiro atoms. The number of amides is 1. The van der Waals surface area contributed by atoms with Crippen LogP contribution in [0, 0.1) is 12.7 Å². The van der Waals surface area contributed by atoms with Crippen molar-refractivity contribution in [2.45, 2.75) is 33.2 Å². The normalized spacial score (nSPS) is 10.8. The molecule has 0 radical (unpaired) electrons. The molecule has 0 aliphatic carbocycles. The third-order valence-electron chi connectivity index (χ3n) is 3.19. The molecule has 1 heterocycles. The summed E-state index contributed by atoms with van der Waals surface area (Å²) in [6.07, 6.45) is 1.93. The number of carbonyl (C=O) groups is 1. The van der Waals surface area contributed by atoms with Gasteiger partial charge in [-0.1, -0.05) is 36.5 Å². The van der Waals surface area contributed by atoms with Crippen molar-refractivity contribution in [3.05, 3.63) is 45.4 Å². The number of hydrogen-bond acceptors (Lipinski definition) is 2. The number of nitrogens with one attached hydrogen (secondary N) is 1. The van der Waals surface area contributed by atoms with Crippen LogP contribution in [0.2, 0.25) is 10.2 Å². The van der Waals surface area contributed by atoms with E-state index >= 15 is 0 Å². The Kier molecular flexibility index (Phi) is 5.42. The van der Waals surface area contributed by atoms with Crippen molar-refractivity contribution in [1.82, 2.24) is 9.78 Å². The van der Waals surface area contributed by atoms with E-state index in [1.54, 1.807) is 11.6 Å². The van der Waals surface area contributed by atoms with Crippen LogP contribution in [-0.4, -0.2) is 15.7 Å². The smallest absolute Gasteiger partial charge is 0.260 e. The summed E-state index contributed by atoms with van der Waals surface area (Å²) in [5.74, 6) is -0.936. The topological polar surface area (TPSA) is 46.9 Å². The van der Waals surface area contributed by atoms with Crippen molar-refractivity contribution < 1.29 is 9.18 Å². The van der Waals surface area contributed by atoms with Gasteiger partial charge in [-0.15, -0.1) is 0 Å². The highest BCUT2D eigenvalue weighted by Gasteiger charge is 2.20. The highest BCUT2D eigenvalue weighted by atomic mass is 35.5. The van der Waals surface area contributed by atoms with Gasteiger partial charge in [0.2, 0.25) is 0 Å². The number of benzene rings is 1. The summed E-state index contributed by atoms with van der Waals surface area (Å²) >= 11 is 11.9. The van der Waals surface area contributed by atoms with E-state index in [9.17, 15) is 9.18 Å². The molecule has 1 N–H and O–H groups in total. The Hall–Kier alpha value is -1.59. The molecule has 0 saturated carbocycles. The van der Waals surface area contributed by atoms with Crippen LogP contribution in [-0.2, 0) is 6.54 Å². The maximum absolute atomic E-state index is 13.1. The molecule has 0 unspecified atom stereocenters. The fourth-order valence-electron chi connectivity index (χ4n) is 2.03. The molecule has 1 aromatic carbocycles. The molecule has 1 amide bonds. The number of hydrogen-bond donors (Lipinski definition) is 1. The molecule has 7 heteroatoms. The fraction of sp³-hybridized carbons (Fsp3) is 0.333. The molecular weight excluding hydrogens is 328 g/mol. The van der Waals surface area contributed by atoms with E-state index < -0.39 is 11.7 Å². The average Bonchev–Trinajstić information content (AvgIpc) is 2.75. The zero-order valence-corrected chi connectivity index (χ0v) is 13.8. The van der Waals surface area contributed by atoms with Gasteiger partial charge in [0, 0.05) is 12.2 Å². The maximum Gasteiger partial charge on any atom is 0.260 e. The first-order valence-corrected chi connectivity index (χ1v) is 7.69. The Morgan fingerprint density at radius 3 is 2.77 bits per heavy atom. The number of carbonyl (C=O) groups excluding carboxylic acids is 1. The quantitative estimate of drug-likeness (QED) is 0.855. The van der Waals surface area contributed by atoms with Crippen LogP contribution < -0.4 is 5.32 Å². The molecular formula is C15H16Cl2FN3O. The summed E-state index contributed by atoms with van der Waals surface area (Å²) in [4.78, 5) is 12.4. The number of anilines is 1. The first-order chi connectivity index (χ1) is 10.4. The van der Waals surface area contributed by atoms with E-state index in [1.165, 1.54) is 18.2 Å². The Morgan fingerprint density at radius 2 is 2.14 bits per heavy atom. The fourth-order valence-corrected chi connectivity index (χ4v) is 2.56. The zero-order valence-electron chi connectivity index (χ0n) is 12.3. The van der Waals surface area contributed by atoms with Crippen LogP contribution >= 0.6 is 23.2 Å². The van der Waals surface area contributed by atoms with Crippen molar-refractivity contribution in [2.24, 2.45) is 0 Å². The van der Waals surface area contributed by atoms with Crippen LogP contribution in [0.1, 0.15) is 35.8 Å². The molecule has 2 aromatic rings. The number of aromatic nitrogens is 2. The van der Waals surface area contributed by atoms with E-state index in [1.807, 2.05) is 0 Å². The van der Waals surface area contributed by atoms with Gasteiger partial charge in [0.25, 0.3) is 5.91 Å². The lowest BCUT2D eigenvalue weighted by atomic mass is 10.2. The van der Waals surface area contributed by atoms with Gasteiger partial charge in [-0.05, 0) is 31.5 Å². The Morgan fingerprint density at radius 1 is 1.41 bits per heavy atom. The Bertz CT molecular complexity index is 700. The summed E-state index contributed by atoms with van der Waals surface area (Å²) in [7, 11) is 0. The third kappa shape index (κ3) is 3.59. The van der Waals surface area contributed by atoms with Gasteiger partial charge in [0.05, 0.1) is 16.3 Å². The molecule has 0 atom stereocenters. The highest BCUT2D eigenvalue weighted by Crippen LogP contribution is 2.24. The van der Waals surface area contributed by atoms with Crippen LogP contribution in [0.5, 0.6) is 0 Å². The lowest BCUT2D eigenvalue weighted by Gasteiger charge is -2.06. The maximum atomic E-state index is 13.1. The minimum atomic E-state index is -0.540.